The molecule has 1 aromatic rings. The van der Waals surface area contributed by atoms with Gasteiger partial charge in [0.25, 0.3) is 0 Å². The van der Waals surface area contributed by atoms with Crippen LogP contribution in [0.4, 0.5) is 0 Å². The fourth-order valence-corrected chi connectivity index (χ4v) is 2.74. The lowest BCUT2D eigenvalue weighted by atomic mass is 10.1. The van der Waals surface area contributed by atoms with Crippen LogP contribution in [0.15, 0.2) is 0 Å². The molecule has 0 spiro atoms. The average molecular weight is 236 g/mol. The van der Waals surface area contributed by atoms with E-state index in [1.165, 1.54) is 29.8 Å². The molecule has 0 saturated carbocycles. The second-order valence-corrected chi connectivity index (χ2v) is 4.97. The number of hydrogen-bond acceptors (Lipinski definition) is 3. The quantitative estimate of drug-likeness (QED) is 0.829. The minimum absolute atomic E-state index is 0.585. The van der Waals surface area contributed by atoms with E-state index < -0.39 is 0 Å². The third kappa shape index (κ3) is 2.69. The largest absolute Gasteiger partial charge is 0.330 e. The molecular formula is C13H24N4. The highest BCUT2D eigenvalue weighted by Gasteiger charge is 2.20. The van der Waals surface area contributed by atoms with Crippen LogP contribution in [-0.4, -0.2) is 29.4 Å². The van der Waals surface area contributed by atoms with Gasteiger partial charge in [0.2, 0.25) is 0 Å². The summed E-state index contributed by atoms with van der Waals surface area (Å²) in [7, 11) is 0. The molecule has 0 bridgehead atoms. The summed E-state index contributed by atoms with van der Waals surface area (Å²) < 4.78 is 2.25. The number of nitrogens with two attached hydrogens (primary N) is 1. The number of aromatic nitrogens is 2. The molecule has 1 aromatic heterocycles. The van der Waals surface area contributed by atoms with E-state index in [1.54, 1.807) is 0 Å². The van der Waals surface area contributed by atoms with E-state index in [9.17, 15) is 0 Å². The maximum atomic E-state index is 5.59. The van der Waals surface area contributed by atoms with E-state index in [2.05, 4.69) is 23.8 Å². The van der Waals surface area contributed by atoms with Crippen molar-refractivity contribution in [2.24, 2.45) is 5.73 Å². The highest BCUT2D eigenvalue weighted by molar-refractivity contribution is 5.25. The van der Waals surface area contributed by atoms with Gasteiger partial charge in [0, 0.05) is 5.69 Å². The van der Waals surface area contributed by atoms with Gasteiger partial charge in [-0.1, -0.05) is 0 Å². The van der Waals surface area contributed by atoms with Crippen LogP contribution in [0, 0.1) is 13.8 Å². The van der Waals surface area contributed by atoms with Gasteiger partial charge in [-0.2, -0.15) is 5.10 Å². The fourth-order valence-electron chi connectivity index (χ4n) is 2.74. The molecular weight excluding hydrogens is 212 g/mol. The van der Waals surface area contributed by atoms with Gasteiger partial charge in [-0.25, -0.2) is 0 Å². The zero-order valence-electron chi connectivity index (χ0n) is 11.0. The SMILES string of the molecule is Cc1nn(C2CCNCC2)c(C)c1CCCN. The second kappa shape index (κ2) is 5.65. The molecule has 1 aliphatic rings. The molecule has 2 rings (SSSR count). The van der Waals surface area contributed by atoms with Crippen LogP contribution < -0.4 is 11.1 Å². The highest BCUT2D eigenvalue weighted by atomic mass is 15.3. The number of nitrogens with one attached hydrogen (secondary N) is 1. The molecule has 4 heteroatoms. The van der Waals surface area contributed by atoms with Crippen molar-refractivity contribution in [3.05, 3.63) is 17.0 Å². The first-order valence-corrected chi connectivity index (χ1v) is 6.69. The summed E-state index contributed by atoms with van der Waals surface area (Å²) in [5.41, 5.74) is 9.54. The molecule has 4 nitrogen and oxygen atoms in total. The Bertz CT molecular complexity index is 364. The van der Waals surface area contributed by atoms with Gasteiger partial charge in [0.05, 0.1) is 11.7 Å². The average Bonchev–Trinajstić information content (AvgIpc) is 2.64. The van der Waals surface area contributed by atoms with Gasteiger partial charge in [-0.05, 0) is 64.7 Å². The number of piperidine rings is 1. The Morgan fingerprint density at radius 2 is 2.06 bits per heavy atom. The zero-order chi connectivity index (χ0) is 12.3. The van der Waals surface area contributed by atoms with E-state index in [0.29, 0.717) is 6.04 Å². The lowest BCUT2D eigenvalue weighted by Crippen LogP contribution is -2.30. The molecule has 0 aromatic carbocycles. The third-order valence-electron chi connectivity index (χ3n) is 3.76. The summed E-state index contributed by atoms with van der Waals surface area (Å²) in [4.78, 5) is 0. The first-order valence-electron chi connectivity index (χ1n) is 6.69. The first-order chi connectivity index (χ1) is 8.24. The lowest BCUT2D eigenvalue weighted by molar-refractivity contribution is 0.337. The molecule has 3 N–H and O–H groups in total. The monoisotopic (exact) mass is 236 g/mol. The van der Waals surface area contributed by atoms with Gasteiger partial charge in [0.15, 0.2) is 0 Å². The van der Waals surface area contributed by atoms with Crippen molar-refractivity contribution in [1.29, 1.82) is 0 Å². The predicted octanol–water partition coefficient (Wildman–Crippen LogP) is 1.32. The third-order valence-corrected chi connectivity index (χ3v) is 3.76. The van der Waals surface area contributed by atoms with Gasteiger partial charge < -0.3 is 11.1 Å². The van der Waals surface area contributed by atoms with E-state index in [-0.39, 0.29) is 0 Å². The Morgan fingerprint density at radius 3 is 2.71 bits per heavy atom. The maximum absolute atomic E-state index is 5.59. The normalized spacial score (nSPS) is 17.6. The fraction of sp³-hybridized carbons (Fsp3) is 0.769. The molecule has 2 heterocycles. The van der Waals surface area contributed by atoms with Crippen LogP contribution in [0.2, 0.25) is 0 Å². The number of hydrogen-bond donors (Lipinski definition) is 2. The summed E-state index contributed by atoms with van der Waals surface area (Å²) in [6.45, 7) is 7.31. The summed E-state index contributed by atoms with van der Waals surface area (Å²) in [5.74, 6) is 0. The molecule has 17 heavy (non-hydrogen) atoms. The zero-order valence-corrected chi connectivity index (χ0v) is 11.0. The Morgan fingerprint density at radius 1 is 1.35 bits per heavy atom. The topological polar surface area (TPSA) is 55.9 Å². The summed E-state index contributed by atoms with van der Waals surface area (Å²) in [5, 5.41) is 8.14. The maximum Gasteiger partial charge on any atom is 0.0628 e. The van der Waals surface area contributed by atoms with Crippen LogP contribution in [0.25, 0.3) is 0 Å². The number of aryl methyl sites for hydroxylation is 1. The first kappa shape index (κ1) is 12.6. The molecule has 0 aliphatic carbocycles. The van der Waals surface area contributed by atoms with Gasteiger partial charge in [-0.3, -0.25) is 4.68 Å². The van der Waals surface area contributed by atoms with Gasteiger partial charge in [0.1, 0.15) is 0 Å². The Hall–Kier alpha value is -0.870. The standard InChI is InChI=1S/C13H24N4/c1-10-13(4-3-7-14)11(2)17(16-10)12-5-8-15-9-6-12/h12,15H,3-9,14H2,1-2H3. The van der Waals surface area contributed by atoms with E-state index in [4.69, 9.17) is 10.8 Å². The van der Waals surface area contributed by atoms with E-state index in [0.717, 1.165) is 32.5 Å². The van der Waals surface area contributed by atoms with Crippen LogP contribution in [-0.2, 0) is 6.42 Å². The molecule has 1 saturated heterocycles. The van der Waals surface area contributed by atoms with Crippen LogP contribution in [0.1, 0.15) is 42.3 Å². The lowest BCUT2D eigenvalue weighted by Gasteiger charge is -2.24. The second-order valence-electron chi connectivity index (χ2n) is 4.97. The van der Waals surface area contributed by atoms with Crippen LogP contribution in [0.3, 0.4) is 0 Å². The summed E-state index contributed by atoms with van der Waals surface area (Å²) in [6, 6.07) is 0.585. The smallest absolute Gasteiger partial charge is 0.0628 e. The molecule has 0 atom stereocenters. The van der Waals surface area contributed by atoms with Crippen molar-refractivity contribution in [2.75, 3.05) is 19.6 Å². The highest BCUT2D eigenvalue weighted by Crippen LogP contribution is 2.24. The predicted molar refractivity (Wildman–Crippen MR) is 70.2 cm³/mol. The molecule has 1 fully saturated rings. The van der Waals surface area contributed by atoms with Crippen LogP contribution in [0.5, 0.6) is 0 Å². The van der Waals surface area contributed by atoms with Gasteiger partial charge in [-0.15, -0.1) is 0 Å². The van der Waals surface area contributed by atoms with Crippen LogP contribution >= 0.6 is 0 Å². The van der Waals surface area contributed by atoms with Gasteiger partial charge >= 0.3 is 0 Å². The van der Waals surface area contributed by atoms with E-state index >= 15 is 0 Å². The molecule has 0 unspecified atom stereocenters. The van der Waals surface area contributed by atoms with Crippen molar-refractivity contribution >= 4 is 0 Å². The number of nitrogens with zero attached hydrogens (tertiary/aromatic N) is 2. The van der Waals surface area contributed by atoms with Crippen molar-refractivity contribution in [1.82, 2.24) is 15.1 Å². The van der Waals surface area contributed by atoms with Crippen molar-refractivity contribution < 1.29 is 0 Å². The van der Waals surface area contributed by atoms with E-state index in [1.807, 2.05) is 0 Å². The Kier molecular flexibility index (Phi) is 4.18. The minimum Gasteiger partial charge on any atom is -0.330 e. The summed E-state index contributed by atoms with van der Waals surface area (Å²) in [6.07, 6.45) is 4.51. The molecule has 0 radical (unpaired) electrons. The number of rotatable bonds is 4. The summed E-state index contributed by atoms with van der Waals surface area (Å²) >= 11 is 0. The molecule has 0 amide bonds. The van der Waals surface area contributed by atoms with Crippen molar-refractivity contribution in [2.45, 2.75) is 45.6 Å². The Labute approximate surface area is 104 Å². The van der Waals surface area contributed by atoms with Crippen molar-refractivity contribution in [3.63, 3.8) is 0 Å². The molecule has 96 valence electrons. The Balaban J connectivity index is 2.17. The minimum atomic E-state index is 0.585. The van der Waals surface area contributed by atoms with Crippen molar-refractivity contribution in [3.8, 4) is 0 Å². The molecule has 1 aliphatic heterocycles.